The number of aryl methyl sites for hydroxylation is 1. The third-order valence-corrected chi connectivity index (χ3v) is 3.81. The molecule has 0 bridgehead atoms. The van der Waals surface area contributed by atoms with Crippen LogP contribution in [0.15, 0.2) is 35.5 Å². The second kappa shape index (κ2) is 4.60. The molecule has 0 N–H and O–H groups in total. The summed E-state index contributed by atoms with van der Waals surface area (Å²) >= 11 is 6.45. The first-order valence-electron chi connectivity index (χ1n) is 6.60. The first kappa shape index (κ1) is 13.1. The van der Waals surface area contributed by atoms with Crippen LogP contribution in [-0.4, -0.2) is 15.7 Å². The summed E-state index contributed by atoms with van der Waals surface area (Å²) in [5.41, 5.74) is 2.63. The number of nitrogens with zero attached hydrogens (tertiary/aromatic N) is 2. The first-order chi connectivity index (χ1) is 9.55. The molecule has 4 heteroatoms. The third-order valence-electron chi connectivity index (χ3n) is 3.57. The van der Waals surface area contributed by atoms with Crippen molar-refractivity contribution in [2.75, 3.05) is 0 Å². The van der Waals surface area contributed by atoms with Crippen LogP contribution in [0.4, 0.5) is 0 Å². The SMILES string of the molecule is CCn1c2c(c3cc(C=O)ccc31)=CC(C)(Cl)C=CN=2. The second-order valence-electron chi connectivity index (χ2n) is 5.12. The van der Waals surface area contributed by atoms with E-state index >= 15 is 0 Å². The number of hydrogen-bond donors (Lipinski definition) is 0. The molecule has 102 valence electrons. The van der Waals surface area contributed by atoms with Gasteiger partial charge in [-0.05, 0) is 44.2 Å². The van der Waals surface area contributed by atoms with Crippen LogP contribution in [0.3, 0.4) is 0 Å². The number of fused-ring (bicyclic) bond motifs is 3. The second-order valence-corrected chi connectivity index (χ2v) is 5.93. The molecule has 20 heavy (non-hydrogen) atoms. The highest BCUT2D eigenvalue weighted by atomic mass is 35.5. The smallest absolute Gasteiger partial charge is 0.150 e. The van der Waals surface area contributed by atoms with Crippen molar-refractivity contribution in [1.82, 2.24) is 4.57 Å². The van der Waals surface area contributed by atoms with Crippen molar-refractivity contribution in [3.05, 3.63) is 46.7 Å². The molecular weight excluding hydrogens is 272 g/mol. The molecule has 1 aliphatic rings. The lowest BCUT2D eigenvalue weighted by atomic mass is 10.1. The van der Waals surface area contributed by atoms with Gasteiger partial charge in [-0.15, -0.1) is 11.6 Å². The van der Waals surface area contributed by atoms with Gasteiger partial charge in [-0.2, -0.15) is 0 Å². The zero-order valence-electron chi connectivity index (χ0n) is 11.4. The van der Waals surface area contributed by atoms with Gasteiger partial charge in [0.25, 0.3) is 0 Å². The Kier molecular flexibility index (Phi) is 3.02. The van der Waals surface area contributed by atoms with Crippen LogP contribution in [0.1, 0.15) is 24.2 Å². The van der Waals surface area contributed by atoms with E-state index in [1.165, 1.54) is 0 Å². The van der Waals surface area contributed by atoms with Gasteiger partial charge in [0.2, 0.25) is 0 Å². The van der Waals surface area contributed by atoms with E-state index in [0.29, 0.717) is 5.56 Å². The van der Waals surface area contributed by atoms with Crippen molar-refractivity contribution < 1.29 is 4.79 Å². The Hall–Kier alpha value is -1.87. The normalized spacial score (nSPS) is 20.9. The minimum atomic E-state index is -0.571. The largest absolute Gasteiger partial charge is 0.326 e. The number of carbonyl (C=O) groups excluding carboxylic acids is 1. The summed E-state index contributed by atoms with van der Waals surface area (Å²) < 4.78 is 2.14. The number of alkyl halides is 1. The van der Waals surface area contributed by atoms with Crippen molar-refractivity contribution in [1.29, 1.82) is 0 Å². The number of halogens is 1. The molecule has 2 heterocycles. The van der Waals surface area contributed by atoms with E-state index in [0.717, 1.165) is 34.4 Å². The number of aldehydes is 1. The van der Waals surface area contributed by atoms with Gasteiger partial charge in [0, 0.05) is 28.9 Å². The summed E-state index contributed by atoms with van der Waals surface area (Å²) in [7, 11) is 0. The highest BCUT2D eigenvalue weighted by molar-refractivity contribution is 6.28. The number of hydrogen-bond acceptors (Lipinski definition) is 2. The van der Waals surface area contributed by atoms with Gasteiger partial charge in [0.15, 0.2) is 0 Å². The standard InChI is InChI=1S/C16H15ClN2O/c1-3-19-14-5-4-11(10-20)8-12(14)13-9-16(2,17)6-7-18-15(13)19/h4-10H,3H2,1-2H3. The lowest BCUT2D eigenvalue weighted by Crippen LogP contribution is -2.30. The minimum Gasteiger partial charge on any atom is -0.326 e. The minimum absolute atomic E-state index is 0.571. The Balaban J connectivity index is 2.54. The van der Waals surface area contributed by atoms with Gasteiger partial charge >= 0.3 is 0 Å². The van der Waals surface area contributed by atoms with Gasteiger partial charge in [0.1, 0.15) is 11.8 Å². The van der Waals surface area contributed by atoms with E-state index in [2.05, 4.69) is 16.5 Å². The molecule has 3 nitrogen and oxygen atoms in total. The predicted molar refractivity (Wildman–Crippen MR) is 81.6 cm³/mol. The fourth-order valence-electron chi connectivity index (χ4n) is 2.64. The summed E-state index contributed by atoms with van der Waals surface area (Å²) in [6, 6.07) is 5.70. The Labute approximate surface area is 121 Å². The highest BCUT2D eigenvalue weighted by Crippen LogP contribution is 2.20. The topological polar surface area (TPSA) is 34.4 Å². The average molecular weight is 287 g/mol. The lowest BCUT2D eigenvalue weighted by Gasteiger charge is -2.09. The number of carbonyl (C=O) groups is 1. The molecule has 1 aliphatic heterocycles. The van der Waals surface area contributed by atoms with Gasteiger partial charge in [-0.25, -0.2) is 4.99 Å². The van der Waals surface area contributed by atoms with Crippen LogP contribution in [-0.2, 0) is 6.54 Å². The van der Waals surface area contributed by atoms with Crippen molar-refractivity contribution in [2.45, 2.75) is 25.3 Å². The maximum absolute atomic E-state index is 11.0. The van der Waals surface area contributed by atoms with E-state index < -0.39 is 4.87 Å². The Morgan fingerprint density at radius 2 is 2.25 bits per heavy atom. The number of allylic oxidation sites excluding steroid dienone is 1. The van der Waals surface area contributed by atoms with Crippen molar-refractivity contribution >= 4 is 34.9 Å². The molecule has 0 amide bonds. The summed E-state index contributed by atoms with van der Waals surface area (Å²) in [6.45, 7) is 4.82. The number of benzene rings is 1. The quantitative estimate of drug-likeness (QED) is 0.617. The highest BCUT2D eigenvalue weighted by Gasteiger charge is 2.17. The third kappa shape index (κ3) is 1.98. The molecule has 1 aromatic carbocycles. The summed E-state index contributed by atoms with van der Waals surface area (Å²) in [5, 5.41) is 2.01. The Bertz CT molecular complexity index is 843. The van der Waals surface area contributed by atoms with Gasteiger partial charge < -0.3 is 4.57 Å². The molecule has 3 rings (SSSR count). The molecule has 2 aromatic rings. The average Bonchev–Trinajstić information content (AvgIpc) is 2.60. The van der Waals surface area contributed by atoms with Crippen LogP contribution in [0.25, 0.3) is 17.0 Å². The van der Waals surface area contributed by atoms with E-state index in [9.17, 15) is 4.79 Å². The molecule has 0 fully saturated rings. The van der Waals surface area contributed by atoms with E-state index in [1.54, 1.807) is 6.20 Å². The fourth-order valence-corrected chi connectivity index (χ4v) is 2.81. The molecule has 0 saturated carbocycles. The van der Waals surface area contributed by atoms with Crippen LogP contribution in [0.5, 0.6) is 0 Å². The van der Waals surface area contributed by atoms with Gasteiger partial charge in [0.05, 0.1) is 10.4 Å². The molecular formula is C16H15ClN2O. The fraction of sp³-hybridized carbons (Fsp3) is 0.250. The molecule has 1 unspecified atom stereocenters. The van der Waals surface area contributed by atoms with Gasteiger partial charge in [-0.1, -0.05) is 0 Å². The maximum atomic E-state index is 11.0. The maximum Gasteiger partial charge on any atom is 0.150 e. The predicted octanol–water partition coefficient (Wildman–Crippen LogP) is 2.40. The molecule has 0 spiro atoms. The monoisotopic (exact) mass is 286 g/mol. The molecule has 0 radical (unpaired) electrons. The number of aromatic nitrogens is 1. The van der Waals surface area contributed by atoms with E-state index in [1.807, 2.05) is 37.3 Å². The van der Waals surface area contributed by atoms with Crippen LogP contribution >= 0.6 is 11.6 Å². The lowest BCUT2D eigenvalue weighted by molar-refractivity contribution is 0.112. The van der Waals surface area contributed by atoms with Crippen molar-refractivity contribution in [3.63, 3.8) is 0 Å². The first-order valence-corrected chi connectivity index (χ1v) is 6.98. The van der Waals surface area contributed by atoms with Crippen LogP contribution in [0, 0.1) is 0 Å². The molecule has 1 atom stereocenters. The van der Waals surface area contributed by atoms with Crippen molar-refractivity contribution in [3.8, 4) is 0 Å². The molecule has 1 aromatic heterocycles. The summed E-state index contributed by atoms with van der Waals surface area (Å²) in [4.78, 5) is 15.0. The zero-order valence-corrected chi connectivity index (χ0v) is 12.2. The van der Waals surface area contributed by atoms with Crippen molar-refractivity contribution in [2.24, 2.45) is 4.99 Å². The zero-order chi connectivity index (χ0) is 14.3. The summed E-state index contributed by atoms with van der Waals surface area (Å²) in [6.07, 6.45) is 6.48. The molecule has 0 aliphatic carbocycles. The van der Waals surface area contributed by atoms with E-state index in [4.69, 9.17) is 11.6 Å². The van der Waals surface area contributed by atoms with Crippen LogP contribution in [0.2, 0.25) is 0 Å². The van der Waals surface area contributed by atoms with E-state index in [-0.39, 0.29) is 0 Å². The Morgan fingerprint density at radius 1 is 1.45 bits per heavy atom. The Morgan fingerprint density at radius 3 is 2.95 bits per heavy atom. The van der Waals surface area contributed by atoms with Crippen LogP contribution < -0.4 is 10.7 Å². The van der Waals surface area contributed by atoms with Gasteiger partial charge in [-0.3, -0.25) is 4.79 Å². The molecule has 0 saturated heterocycles. The number of rotatable bonds is 2. The summed E-state index contributed by atoms with van der Waals surface area (Å²) in [5.74, 6) is 0.